The van der Waals surface area contributed by atoms with Gasteiger partial charge < -0.3 is 5.32 Å². The number of carbonyl (C=O) groups is 2. The maximum absolute atomic E-state index is 12.0. The summed E-state index contributed by atoms with van der Waals surface area (Å²) in [5.41, 5.74) is 1.59. The van der Waals surface area contributed by atoms with Gasteiger partial charge >= 0.3 is 0 Å². The molecule has 0 bridgehead atoms. The molecule has 2 rings (SSSR count). The van der Waals surface area contributed by atoms with Crippen molar-refractivity contribution in [2.24, 2.45) is 0 Å². The number of hydrogen-bond acceptors (Lipinski definition) is 2. The first-order valence-corrected chi connectivity index (χ1v) is 6.13. The van der Waals surface area contributed by atoms with Gasteiger partial charge in [-0.05, 0) is 36.6 Å². The van der Waals surface area contributed by atoms with Crippen molar-refractivity contribution >= 4 is 23.3 Å². The van der Waals surface area contributed by atoms with Crippen LogP contribution < -0.4 is 5.32 Å². The van der Waals surface area contributed by atoms with Gasteiger partial charge in [0, 0.05) is 30.0 Å². The number of hydrogen-bond donors (Lipinski definition) is 1. The predicted molar refractivity (Wildman–Crippen MR) is 66.3 cm³/mol. The van der Waals surface area contributed by atoms with E-state index in [9.17, 15) is 9.59 Å². The van der Waals surface area contributed by atoms with E-state index < -0.39 is 0 Å². The number of amides is 1. The Balaban J connectivity index is 2.32. The highest BCUT2D eigenvalue weighted by atomic mass is 35.5. The van der Waals surface area contributed by atoms with Crippen molar-refractivity contribution in [2.45, 2.75) is 25.7 Å². The Kier molecular flexibility index (Phi) is 3.79. The van der Waals surface area contributed by atoms with E-state index in [4.69, 9.17) is 11.6 Å². The largest absolute Gasteiger partial charge is 0.356 e. The molecule has 0 atom stereocenters. The van der Waals surface area contributed by atoms with Crippen LogP contribution in [0.5, 0.6) is 0 Å². The molecule has 0 saturated heterocycles. The Bertz CT molecular complexity index is 457. The zero-order valence-corrected chi connectivity index (χ0v) is 10.2. The zero-order chi connectivity index (χ0) is 12.3. The molecular formula is C13H14ClNO2. The SMILES string of the molecule is O=C1CCc2cc(Cl)ccc2C(=O)CCCN1. The maximum Gasteiger partial charge on any atom is 0.220 e. The molecule has 0 unspecified atom stereocenters. The van der Waals surface area contributed by atoms with Crippen molar-refractivity contribution in [1.29, 1.82) is 0 Å². The van der Waals surface area contributed by atoms with Crippen molar-refractivity contribution in [3.8, 4) is 0 Å². The normalized spacial score (nSPS) is 17.2. The van der Waals surface area contributed by atoms with Crippen LogP contribution in [0.1, 0.15) is 35.2 Å². The van der Waals surface area contributed by atoms with Crippen LogP contribution in [0.4, 0.5) is 0 Å². The fourth-order valence-corrected chi connectivity index (χ4v) is 2.18. The minimum Gasteiger partial charge on any atom is -0.356 e. The van der Waals surface area contributed by atoms with Gasteiger partial charge in [-0.15, -0.1) is 0 Å². The second kappa shape index (κ2) is 5.32. The molecule has 1 N–H and O–H groups in total. The molecule has 4 heteroatoms. The highest BCUT2D eigenvalue weighted by molar-refractivity contribution is 6.30. The molecule has 1 heterocycles. The lowest BCUT2D eigenvalue weighted by Crippen LogP contribution is -2.26. The van der Waals surface area contributed by atoms with Crippen molar-refractivity contribution in [3.05, 3.63) is 34.3 Å². The number of Topliss-reactive ketones (excluding diaryl/α,β-unsaturated/α-hetero) is 1. The first-order chi connectivity index (χ1) is 8.16. The van der Waals surface area contributed by atoms with Gasteiger partial charge in [0.05, 0.1) is 0 Å². The number of nitrogens with one attached hydrogen (secondary N) is 1. The van der Waals surface area contributed by atoms with E-state index in [0.29, 0.717) is 42.8 Å². The van der Waals surface area contributed by atoms with Crippen LogP contribution in [0.2, 0.25) is 5.02 Å². The molecule has 17 heavy (non-hydrogen) atoms. The fraction of sp³-hybridized carbons (Fsp3) is 0.385. The minimum atomic E-state index is 0.0327. The number of benzene rings is 1. The van der Waals surface area contributed by atoms with Crippen molar-refractivity contribution in [1.82, 2.24) is 5.32 Å². The zero-order valence-electron chi connectivity index (χ0n) is 9.46. The first-order valence-electron chi connectivity index (χ1n) is 5.75. The summed E-state index contributed by atoms with van der Waals surface area (Å²) in [6.45, 7) is 0.577. The lowest BCUT2D eigenvalue weighted by Gasteiger charge is -2.12. The summed E-state index contributed by atoms with van der Waals surface area (Å²) in [5, 5.41) is 3.40. The van der Waals surface area contributed by atoms with Crippen LogP contribution in [0.25, 0.3) is 0 Å². The first kappa shape index (κ1) is 12.1. The number of aryl methyl sites for hydroxylation is 1. The van der Waals surface area contributed by atoms with E-state index in [0.717, 1.165) is 5.56 Å². The molecule has 1 aliphatic heterocycles. The summed E-state index contributed by atoms with van der Waals surface area (Å²) in [6.07, 6.45) is 2.12. The number of fused-ring (bicyclic) bond motifs is 1. The van der Waals surface area contributed by atoms with E-state index in [2.05, 4.69) is 5.32 Å². The third-order valence-corrected chi connectivity index (χ3v) is 3.13. The van der Waals surface area contributed by atoms with E-state index in [-0.39, 0.29) is 11.7 Å². The summed E-state index contributed by atoms with van der Waals surface area (Å²) in [5.74, 6) is 0.165. The van der Waals surface area contributed by atoms with Gasteiger partial charge in [0.2, 0.25) is 5.91 Å². The highest BCUT2D eigenvalue weighted by Crippen LogP contribution is 2.20. The van der Waals surface area contributed by atoms with Crippen molar-refractivity contribution < 1.29 is 9.59 Å². The number of halogens is 1. The van der Waals surface area contributed by atoms with Gasteiger partial charge in [0.25, 0.3) is 0 Å². The van der Waals surface area contributed by atoms with Crippen LogP contribution in [-0.4, -0.2) is 18.2 Å². The lowest BCUT2D eigenvalue weighted by atomic mass is 9.96. The average molecular weight is 252 g/mol. The van der Waals surface area contributed by atoms with Gasteiger partial charge in [-0.2, -0.15) is 0 Å². The molecule has 0 fully saturated rings. The molecule has 1 aromatic carbocycles. The summed E-state index contributed by atoms with van der Waals surface area (Å²) in [4.78, 5) is 23.4. The molecule has 3 nitrogen and oxygen atoms in total. The summed E-state index contributed by atoms with van der Waals surface area (Å²) >= 11 is 5.92. The molecule has 0 saturated carbocycles. The molecule has 0 spiro atoms. The molecule has 90 valence electrons. The fourth-order valence-electron chi connectivity index (χ4n) is 1.99. The Labute approximate surface area is 105 Å². The molecular weight excluding hydrogens is 238 g/mol. The Morgan fingerprint density at radius 2 is 1.94 bits per heavy atom. The van der Waals surface area contributed by atoms with Gasteiger partial charge in [-0.3, -0.25) is 9.59 Å². The van der Waals surface area contributed by atoms with Crippen LogP contribution in [0, 0.1) is 0 Å². The van der Waals surface area contributed by atoms with Gasteiger partial charge in [0.15, 0.2) is 5.78 Å². The summed E-state index contributed by atoms with van der Waals surface area (Å²) in [7, 11) is 0. The Morgan fingerprint density at radius 3 is 2.76 bits per heavy atom. The molecule has 0 radical (unpaired) electrons. The van der Waals surface area contributed by atoms with E-state index in [1.54, 1.807) is 18.2 Å². The van der Waals surface area contributed by atoms with Gasteiger partial charge in [-0.25, -0.2) is 0 Å². The summed E-state index contributed by atoms with van der Waals surface area (Å²) < 4.78 is 0. The van der Waals surface area contributed by atoms with E-state index in [1.807, 2.05) is 0 Å². The third kappa shape index (κ3) is 3.07. The lowest BCUT2D eigenvalue weighted by molar-refractivity contribution is -0.121. The van der Waals surface area contributed by atoms with Gasteiger partial charge in [-0.1, -0.05) is 11.6 Å². The molecule has 0 aliphatic carbocycles. The molecule has 0 aromatic heterocycles. The molecule has 1 aromatic rings. The second-order valence-electron chi connectivity index (χ2n) is 4.18. The molecule has 1 amide bonds. The monoisotopic (exact) mass is 251 g/mol. The number of ketones is 1. The van der Waals surface area contributed by atoms with Crippen molar-refractivity contribution in [2.75, 3.05) is 6.54 Å². The van der Waals surface area contributed by atoms with Crippen LogP contribution in [0.15, 0.2) is 18.2 Å². The molecule has 1 aliphatic rings. The van der Waals surface area contributed by atoms with E-state index >= 15 is 0 Å². The van der Waals surface area contributed by atoms with Crippen molar-refractivity contribution in [3.63, 3.8) is 0 Å². The van der Waals surface area contributed by atoms with Gasteiger partial charge in [0.1, 0.15) is 0 Å². The topological polar surface area (TPSA) is 46.2 Å². The minimum absolute atomic E-state index is 0.0327. The second-order valence-corrected chi connectivity index (χ2v) is 4.61. The Morgan fingerprint density at radius 1 is 1.12 bits per heavy atom. The average Bonchev–Trinajstić information content (AvgIpc) is 2.31. The quantitative estimate of drug-likeness (QED) is 0.770. The van der Waals surface area contributed by atoms with Crippen LogP contribution in [0.3, 0.4) is 0 Å². The standard InChI is InChI=1S/C13H14ClNO2/c14-10-4-5-11-9(8-10)3-6-13(17)15-7-1-2-12(11)16/h4-5,8H,1-3,6-7H2,(H,15,17). The summed E-state index contributed by atoms with van der Waals surface area (Å²) in [6, 6.07) is 5.27. The highest BCUT2D eigenvalue weighted by Gasteiger charge is 2.14. The van der Waals surface area contributed by atoms with Crippen LogP contribution in [-0.2, 0) is 11.2 Å². The Hall–Kier alpha value is -1.35. The smallest absolute Gasteiger partial charge is 0.220 e. The van der Waals surface area contributed by atoms with E-state index in [1.165, 1.54) is 0 Å². The number of rotatable bonds is 0. The third-order valence-electron chi connectivity index (χ3n) is 2.89. The maximum atomic E-state index is 12.0. The number of carbonyl (C=O) groups excluding carboxylic acids is 2. The predicted octanol–water partition coefficient (Wildman–Crippen LogP) is 2.37. The van der Waals surface area contributed by atoms with Crippen LogP contribution >= 0.6 is 11.6 Å².